The number of hydrogen-bond donors (Lipinski definition) is 2. The summed E-state index contributed by atoms with van der Waals surface area (Å²) in [6.45, 7) is 4.69. The second-order valence-electron chi connectivity index (χ2n) is 8.06. The largest absolute Gasteiger partial charge is 0.402 e. The lowest BCUT2D eigenvalue weighted by Crippen LogP contribution is -2.55. The number of carbonyl (C=O) groups is 1. The van der Waals surface area contributed by atoms with Crippen LogP contribution in [-0.2, 0) is 4.79 Å². The van der Waals surface area contributed by atoms with E-state index in [1.165, 1.54) is 4.90 Å². The van der Waals surface area contributed by atoms with Crippen LogP contribution in [0.15, 0.2) is 24.4 Å². The molecule has 3 aromatic rings. The van der Waals surface area contributed by atoms with Gasteiger partial charge < -0.3 is 15.1 Å². The number of aromatic amines is 1. The number of carbonyl (C=O) groups excluding carboxylic acids is 1. The number of H-pyrrole nitrogens is 1. The zero-order chi connectivity index (χ0) is 22.4. The van der Waals surface area contributed by atoms with Gasteiger partial charge in [0.1, 0.15) is 10.9 Å². The molecule has 0 spiro atoms. The molecule has 4 rings (SSSR count). The van der Waals surface area contributed by atoms with E-state index < -0.39 is 17.5 Å². The summed E-state index contributed by atoms with van der Waals surface area (Å²) in [6.07, 6.45) is -2.82. The van der Waals surface area contributed by atoms with Gasteiger partial charge in [0.25, 0.3) is 0 Å². The molecule has 1 saturated heterocycles. The van der Waals surface area contributed by atoms with Crippen LogP contribution >= 0.6 is 0 Å². The third-order valence-corrected chi connectivity index (χ3v) is 5.43. The molecular weight excluding hydrogens is 413 g/mol. The van der Waals surface area contributed by atoms with Crippen LogP contribution in [-0.4, -0.2) is 68.0 Å². The highest BCUT2D eigenvalue weighted by molar-refractivity contribution is 5.83. The minimum Gasteiger partial charge on any atom is -0.338 e. The number of nitrogens with zero attached hydrogens (tertiary/aromatic N) is 6. The average Bonchev–Trinajstić information content (AvgIpc) is 3.35. The van der Waals surface area contributed by atoms with Crippen LogP contribution in [0.3, 0.4) is 0 Å². The molecule has 2 N–H and O–H groups in total. The molecular formula is C19H23F3N8O. The number of alkyl halides is 3. The molecule has 0 unspecified atom stereocenters. The molecule has 1 aliphatic heterocycles. The monoisotopic (exact) mass is 436 g/mol. The zero-order valence-electron chi connectivity index (χ0n) is 17.4. The molecule has 12 heteroatoms. The number of aromatic nitrogens is 5. The summed E-state index contributed by atoms with van der Waals surface area (Å²) in [5.74, 6) is 0.659. The quantitative estimate of drug-likeness (QED) is 0.653. The number of rotatable bonds is 4. The highest BCUT2D eigenvalue weighted by atomic mass is 19.4. The summed E-state index contributed by atoms with van der Waals surface area (Å²) < 4.78 is 41.4. The van der Waals surface area contributed by atoms with Gasteiger partial charge in [-0.25, -0.2) is 4.52 Å². The first-order valence-electron chi connectivity index (χ1n) is 9.82. The van der Waals surface area contributed by atoms with Crippen molar-refractivity contribution in [3.8, 4) is 0 Å². The van der Waals surface area contributed by atoms with Crippen molar-refractivity contribution < 1.29 is 18.0 Å². The SMILES string of the molecule is Cc1cc(Nc2nc(N3CCN(C(=O)C(C)(C)C(F)(F)F)CC3)nn3cccc23)n[nH]1. The Morgan fingerprint density at radius 1 is 1.19 bits per heavy atom. The maximum Gasteiger partial charge on any atom is 0.402 e. The first kappa shape index (κ1) is 20.9. The van der Waals surface area contributed by atoms with E-state index in [0.717, 1.165) is 25.1 Å². The maximum absolute atomic E-state index is 13.2. The standard InChI is InChI=1S/C19H23F3N8O/c1-12-11-14(26-25-12)23-15-13-5-4-6-30(13)27-17(24-15)29-9-7-28(8-10-29)16(31)18(2,3)19(20,21)22/h4-6,11H,7-10H2,1-3H3,(H2,23,24,25,26,27). The number of piperazine rings is 1. The number of hydrogen-bond acceptors (Lipinski definition) is 6. The topological polar surface area (TPSA) is 94.5 Å². The van der Waals surface area contributed by atoms with Crippen LogP contribution in [0.25, 0.3) is 5.52 Å². The minimum atomic E-state index is -4.60. The number of amides is 1. The van der Waals surface area contributed by atoms with E-state index in [9.17, 15) is 18.0 Å². The van der Waals surface area contributed by atoms with Gasteiger partial charge in [0.05, 0.1) is 0 Å². The Morgan fingerprint density at radius 2 is 1.90 bits per heavy atom. The van der Waals surface area contributed by atoms with E-state index in [-0.39, 0.29) is 13.1 Å². The molecule has 0 bridgehead atoms. The van der Waals surface area contributed by atoms with Crippen molar-refractivity contribution in [1.82, 2.24) is 29.7 Å². The lowest BCUT2D eigenvalue weighted by atomic mass is 9.90. The van der Waals surface area contributed by atoms with E-state index in [2.05, 4.69) is 25.6 Å². The predicted molar refractivity (Wildman–Crippen MR) is 108 cm³/mol. The van der Waals surface area contributed by atoms with Crippen LogP contribution in [0.1, 0.15) is 19.5 Å². The summed E-state index contributed by atoms with van der Waals surface area (Å²) in [5, 5.41) is 14.7. The fraction of sp³-hybridized carbons (Fsp3) is 0.474. The predicted octanol–water partition coefficient (Wildman–Crippen LogP) is 2.74. The van der Waals surface area contributed by atoms with Gasteiger partial charge in [0, 0.05) is 44.1 Å². The molecule has 1 amide bonds. The van der Waals surface area contributed by atoms with Gasteiger partial charge in [-0.1, -0.05) is 0 Å². The molecule has 166 valence electrons. The fourth-order valence-electron chi connectivity index (χ4n) is 3.38. The summed E-state index contributed by atoms with van der Waals surface area (Å²) in [7, 11) is 0. The molecule has 0 aliphatic carbocycles. The Morgan fingerprint density at radius 3 is 2.52 bits per heavy atom. The molecule has 1 aliphatic rings. The molecule has 9 nitrogen and oxygen atoms in total. The van der Waals surface area contributed by atoms with E-state index in [0.29, 0.717) is 30.7 Å². The second kappa shape index (κ2) is 7.43. The van der Waals surface area contributed by atoms with Crippen molar-refractivity contribution >= 4 is 29.0 Å². The Kier molecular flexibility index (Phi) is 5.02. The molecule has 3 aromatic heterocycles. The highest BCUT2D eigenvalue weighted by Crippen LogP contribution is 2.39. The summed E-state index contributed by atoms with van der Waals surface area (Å²) in [5.41, 5.74) is -0.773. The van der Waals surface area contributed by atoms with Gasteiger partial charge in [0.2, 0.25) is 11.9 Å². The summed E-state index contributed by atoms with van der Waals surface area (Å²) in [6, 6.07) is 5.54. The molecule has 0 saturated carbocycles. The van der Waals surface area contributed by atoms with Gasteiger partial charge in [0.15, 0.2) is 11.6 Å². The van der Waals surface area contributed by atoms with Crippen molar-refractivity contribution in [3.05, 3.63) is 30.1 Å². The van der Waals surface area contributed by atoms with E-state index in [4.69, 9.17) is 0 Å². The number of fused-ring (bicyclic) bond motifs is 1. The van der Waals surface area contributed by atoms with Gasteiger partial charge in [-0.3, -0.25) is 9.89 Å². The van der Waals surface area contributed by atoms with Gasteiger partial charge in [-0.05, 0) is 32.9 Å². The van der Waals surface area contributed by atoms with Crippen molar-refractivity contribution in [1.29, 1.82) is 0 Å². The molecule has 31 heavy (non-hydrogen) atoms. The summed E-state index contributed by atoms with van der Waals surface area (Å²) >= 11 is 0. The maximum atomic E-state index is 13.2. The Bertz CT molecular complexity index is 1100. The normalized spacial score (nSPS) is 15.5. The van der Waals surface area contributed by atoms with E-state index in [1.54, 1.807) is 10.7 Å². The average molecular weight is 436 g/mol. The van der Waals surface area contributed by atoms with Crippen LogP contribution in [0.2, 0.25) is 0 Å². The molecule has 1 fully saturated rings. The number of halogens is 3. The minimum absolute atomic E-state index is 0.159. The van der Waals surface area contributed by atoms with Crippen LogP contribution in [0.4, 0.5) is 30.8 Å². The molecule has 0 atom stereocenters. The van der Waals surface area contributed by atoms with Crippen LogP contribution < -0.4 is 10.2 Å². The number of aryl methyl sites for hydroxylation is 1. The lowest BCUT2D eigenvalue weighted by Gasteiger charge is -2.39. The van der Waals surface area contributed by atoms with Gasteiger partial charge in [-0.15, -0.1) is 5.10 Å². The van der Waals surface area contributed by atoms with Crippen molar-refractivity contribution in [2.45, 2.75) is 26.9 Å². The lowest BCUT2D eigenvalue weighted by molar-refractivity contribution is -0.217. The third-order valence-electron chi connectivity index (χ3n) is 5.43. The molecule has 4 heterocycles. The molecule has 0 radical (unpaired) electrons. The Hall–Kier alpha value is -3.31. The Labute approximate surface area is 176 Å². The first-order valence-corrected chi connectivity index (χ1v) is 9.82. The van der Waals surface area contributed by atoms with Gasteiger partial charge >= 0.3 is 6.18 Å². The van der Waals surface area contributed by atoms with Crippen molar-refractivity contribution in [3.63, 3.8) is 0 Å². The second-order valence-corrected chi connectivity index (χ2v) is 8.06. The highest BCUT2D eigenvalue weighted by Gasteiger charge is 2.54. The smallest absolute Gasteiger partial charge is 0.338 e. The van der Waals surface area contributed by atoms with E-state index >= 15 is 0 Å². The van der Waals surface area contributed by atoms with E-state index in [1.807, 2.05) is 30.0 Å². The number of anilines is 3. The van der Waals surface area contributed by atoms with Crippen LogP contribution in [0, 0.1) is 12.3 Å². The van der Waals surface area contributed by atoms with Crippen LogP contribution in [0.5, 0.6) is 0 Å². The first-order chi connectivity index (χ1) is 14.6. The molecule has 0 aromatic carbocycles. The summed E-state index contributed by atoms with van der Waals surface area (Å²) in [4.78, 5) is 20.2. The van der Waals surface area contributed by atoms with Gasteiger partial charge in [-0.2, -0.15) is 23.3 Å². The fourth-order valence-corrected chi connectivity index (χ4v) is 3.38. The Balaban J connectivity index is 1.52. The third kappa shape index (κ3) is 3.89. The van der Waals surface area contributed by atoms with Crippen molar-refractivity contribution in [2.75, 3.05) is 36.4 Å². The zero-order valence-corrected chi connectivity index (χ0v) is 17.4. The van der Waals surface area contributed by atoms with Crippen molar-refractivity contribution in [2.24, 2.45) is 5.41 Å². The number of nitrogens with one attached hydrogen (secondary N) is 2.